The van der Waals surface area contributed by atoms with E-state index in [1.165, 1.54) is 12.1 Å². The van der Waals surface area contributed by atoms with Crippen LogP contribution >= 0.6 is 0 Å². The Labute approximate surface area is 161 Å². The molecule has 0 fully saturated rings. The fraction of sp³-hybridized carbons (Fsp3) is 0. The molecule has 0 aliphatic rings. The average Bonchev–Trinajstić information content (AvgIpc) is 3.12. The second-order valence-corrected chi connectivity index (χ2v) is 6.27. The number of fused-ring (bicyclic) bond motifs is 1. The van der Waals surface area contributed by atoms with Crippen molar-refractivity contribution in [2.24, 2.45) is 0 Å². The lowest BCUT2D eigenvalue weighted by Crippen LogP contribution is -1.94. The summed E-state index contributed by atoms with van der Waals surface area (Å²) in [4.78, 5) is 10.5. The van der Waals surface area contributed by atoms with E-state index >= 15 is 0 Å². The predicted octanol–water partition coefficient (Wildman–Crippen LogP) is 5.56. The van der Waals surface area contributed by atoms with Crippen LogP contribution < -0.4 is 0 Å². The Morgan fingerprint density at radius 3 is 2.36 bits per heavy atom. The molecule has 0 N–H and O–H groups in total. The minimum Gasteiger partial charge on any atom is -0.309 e. The van der Waals surface area contributed by atoms with Crippen molar-refractivity contribution in [1.82, 2.24) is 4.40 Å². The van der Waals surface area contributed by atoms with E-state index in [1.807, 2.05) is 71.2 Å². The van der Waals surface area contributed by atoms with E-state index in [1.54, 1.807) is 12.1 Å². The van der Waals surface area contributed by atoms with Crippen molar-refractivity contribution in [2.45, 2.75) is 0 Å². The number of aromatic nitrogens is 1. The third kappa shape index (κ3) is 3.15. The topological polar surface area (TPSA) is 71.3 Å². The number of non-ortho nitro benzene ring substituents is 1. The maximum Gasteiger partial charge on any atom is 0.269 e. The van der Waals surface area contributed by atoms with Gasteiger partial charge >= 0.3 is 0 Å². The minimum absolute atomic E-state index is 0.0364. The molecule has 0 atom stereocenters. The molecular formula is C23H15N3O2. The van der Waals surface area contributed by atoms with Gasteiger partial charge in [-0.25, -0.2) is 0 Å². The number of hydrogen-bond donors (Lipinski definition) is 0. The second-order valence-electron chi connectivity index (χ2n) is 6.27. The van der Waals surface area contributed by atoms with Gasteiger partial charge in [-0.15, -0.1) is 0 Å². The van der Waals surface area contributed by atoms with E-state index < -0.39 is 4.92 Å². The molecule has 0 aliphatic heterocycles. The Bertz CT molecular complexity index is 1230. The SMILES string of the molecule is N#Cc1cc(-c2ccc([N+](=O)[O-])cc2)n2c(/C=C/c3ccccc3)cccc12. The molecule has 0 unspecified atom stereocenters. The number of hydrogen-bond acceptors (Lipinski definition) is 3. The highest BCUT2D eigenvalue weighted by atomic mass is 16.6. The number of nitrogens with zero attached hydrogens (tertiary/aromatic N) is 3. The normalized spacial score (nSPS) is 11.0. The maximum absolute atomic E-state index is 10.9. The molecule has 28 heavy (non-hydrogen) atoms. The van der Waals surface area contributed by atoms with E-state index in [0.717, 1.165) is 28.0 Å². The fourth-order valence-electron chi connectivity index (χ4n) is 3.21. The van der Waals surface area contributed by atoms with Gasteiger partial charge in [-0.05, 0) is 47.5 Å². The Hall–Kier alpha value is -4.17. The molecule has 4 aromatic rings. The van der Waals surface area contributed by atoms with Crippen molar-refractivity contribution < 1.29 is 4.92 Å². The zero-order valence-corrected chi connectivity index (χ0v) is 14.8. The van der Waals surface area contributed by atoms with Gasteiger partial charge in [-0.3, -0.25) is 10.1 Å². The highest BCUT2D eigenvalue weighted by Gasteiger charge is 2.14. The van der Waals surface area contributed by atoms with Gasteiger partial charge < -0.3 is 4.40 Å². The quantitative estimate of drug-likeness (QED) is 0.351. The van der Waals surface area contributed by atoms with Gasteiger partial charge in [-0.1, -0.05) is 42.5 Å². The predicted molar refractivity (Wildman–Crippen MR) is 110 cm³/mol. The van der Waals surface area contributed by atoms with Crippen LogP contribution in [-0.4, -0.2) is 9.32 Å². The van der Waals surface area contributed by atoms with E-state index in [4.69, 9.17) is 0 Å². The first-order valence-corrected chi connectivity index (χ1v) is 8.70. The Kier molecular flexibility index (Phi) is 4.45. The third-order valence-electron chi connectivity index (χ3n) is 4.56. The molecule has 0 radical (unpaired) electrons. The Morgan fingerprint density at radius 1 is 0.929 bits per heavy atom. The van der Waals surface area contributed by atoms with Gasteiger partial charge in [0.15, 0.2) is 0 Å². The summed E-state index contributed by atoms with van der Waals surface area (Å²) in [5.41, 5.74) is 5.00. The molecule has 0 saturated carbocycles. The maximum atomic E-state index is 10.9. The molecule has 2 heterocycles. The zero-order valence-electron chi connectivity index (χ0n) is 14.8. The molecule has 5 nitrogen and oxygen atoms in total. The van der Waals surface area contributed by atoms with Crippen LogP contribution in [0, 0.1) is 21.4 Å². The van der Waals surface area contributed by atoms with Gasteiger partial charge in [0.05, 0.1) is 21.7 Å². The molecule has 0 spiro atoms. The van der Waals surface area contributed by atoms with Crippen molar-refractivity contribution in [1.29, 1.82) is 5.26 Å². The van der Waals surface area contributed by atoms with E-state index in [2.05, 4.69) is 6.07 Å². The number of nitro benzene ring substituents is 1. The van der Waals surface area contributed by atoms with Crippen LogP contribution in [0.5, 0.6) is 0 Å². The van der Waals surface area contributed by atoms with Crippen LogP contribution in [-0.2, 0) is 0 Å². The smallest absolute Gasteiger partial charge is 0.269 e. The Balaban J connectivity index is 1.88. The minimum atomic E-state index is -0.422. The van der Waals surface area contributed by atoms with Crippen LogP contribution in [0.2, 0.25) is 0 Å². The van der Waals surface area contributed by atoms with Crippen LogP contribution in [0.25, 0.3) is 28.9 Å². The lowest BCUT2D eigenvalue weighted by molar-refractivity contribution is -0.384. The summed E-state index contributed by atoms with van der Waals surface area (Å²) in [7, 11) is 0. The van der Waals surface area contributed by atoms with Crippen molar-refractivity contribution in [3.05, 3.63) is 106 Å². The van der Waals surface area contributed by atoms with Gasteiger partial charge in [0.25, 0.3) is 5.69 Å². The van der Waals surface area contributed by atoms with E-state index in [9.17, 15) is 15.4 Å². The Morgan fingerprint density at radius 2 is 1.68 bits per heavy atom. The molecule has 0 aliphatic carbocycles. The average molecular weight is 365 g/mol. The first-order chi connectivity index (χ1) is 13.7. The van der Waals surface area contributed by atoms with Crippen molar-refractivity contribution in [3.63, 3.8) is 0 Å². The molecule has 2 aromatic carbocycles. The van der Waals surface area contributed by atoms with Crippen molar-refractivity contribution >= 4 is 23.4 Å². The van der Waals surface area contributed by atoms with Gasteiger partial charge in [0, 0.05) is 17.8 Å². The second kappa shape index (κ2) is 7.22. The number of benzene rings is 2. The molecule has 134 valence electrons. The lowest BCUT2D eigenvalue weighted by atomic mass is 10.1. The molecule has 5 heteroatoms. The fourth-order valence-corrected chi connectivity index (χ4v) is 3.21. The summed E-state index contributed by atoms with van der Waals surface area (Å²) in [5, 5.41) is 20.5. The van der Waals surface area contributed by atoms with Crippen LogP contribution in [0.1, 0.15) is 16.8 Å². The number of nitro groups is 1. The molecule has 2 aromatic heterocycles. The number of rotatable bonds is 4. The van der Waals surface area contributed by atoms with Crippen LogP contribution in [0.15, 0.2) is 78.9 Å². The monoisotopic (exact) mass is 365 g/mol. The highest BCUT2D eigenvalue weighted by molar-refractivity contribution is 5.78. The van der Waals surface area contributed by atoms with Gasteiger partial charge in [0.2, 0.25) is 0 Å². The molecule has 0 bridgehead atoms. The first-order valence-electron chi connectivity index (χ1n) is 8.70. The summed E-state index contributed by atoms with van der Waals surface area (Å²) >= 11 is 0. The summed E-state index contributed by atoms with van der Waals surface area (Å²) in [6.45, 7) is 0. The lowest BCUT2D eigenvalue weighted by Gasteiger charge is -2.07. The third-order valence-corrected chi connectivity index (χ3v) is 4.56. The summed E-state index contributed by atoms with van der Waals surface area (Å²) in [6, 6.07) is 26.2. The highest BCUT2D eigenvalue weighted by Crippen LogP contribution is 2.29. The van der Waals surface area contributed by atoms with Crippen LogP contribution in [0.4, 0.5) is 5.69 Å². The van der Waals surface area contributed by atoms with E-state index in [0.29, 0.717) is 5.56 Å². The standard InChI is InChI=1S/C23H15N3O2/c24-16-19-15-23(18-10-13-21(14-11-18)26(27)28)25-20(7-4-8-22(19)25)12-9-17-5-2-1-3-6-17/h1-15H/b12-9+. The van der Waals surface area contributed by atoms with E-state index in [-0.39, 0.29) is 5.69 Å². The molecule has 0 saturated heterocycles. The van der Waals surface area contributed by atoms with Crippen LogP contribution in [0.3, 0.4) is 0 Å². The number of nitriles is 1. The molecular weight excluding hydrogens is 350 g/mol. The summed E-state index contributed by atoms with van der Waals surface area (Å²) in [6.07, 6.45) is 4.01. The van der Waals surface area contributed by atoms with Crippen molar-refractivity contribution in [2.75, 3.05) is 0 Å². The largest absolute Gasteiger partial charge is 0.309 e. The van der Waals surface area contributed by atoms with Gasteiger partial charge in [0.1, 0.15) is 6.07 Å². The van der Waals surface area contributed by atoms with Gasteiger partial charge in [-0.2, -0.15) is 5.26 Å². The summed E-state index contributed by atoms with van der Waals surface area (Å²) in [5.74, 6) is 0. The zero-order chi connectivity index (χ0) is 19.5. The number of pyridine rings is 1. The van der Waals surface area contributed by atoms with Crippen molar-refractivity contribution in [3.8, 4) is 17.3 Å². The molecule has 4 rings (SSSR count). The first kappa shape index (κ1) is 17.3. The molecule has 0 amide bonds. The summed E-state index contributed by atoms with van der Waals surface area (Å²) < 4.78 is 2.00.